The normalized spacial score (nSPS) is 13.6. The lowest BCUT2D eigenvalue weighted by atomic mass is 10.3. The van der Waals surface area contributed by atoms with Crippen molar-refractivity contribution in [1.29, 1.82) is 0 Å². The zero-order valence-electron chi connectivity index (χ0n) is 15.1. The van der Waals surface area contributed by atoms with Gasteiger partial charge in [0.15, 0.2) is 11.2 Å². The summed E-state index contributed by atoms with van der Waals surface area (Å²) in [4.78, 5) is 16.4. The summed E-state index contributed by atoms with van der Waals surface area (Å²) in [6.45, 7) is 2.55. The fourth-order valence-corrected chi connectivity index (χ4v) is 3.32. The number of rotatable bonds is 9. The molecule has 11 heteroatoms. The number of ether oxygens (including phenoxy) is 2. The van der Waals surface area contributed by atoms with Gasteiger partial charge in [-0.25, -0.2) is 4.98 Å². The summed E-state index contributed by atoms with van der Waals surface area (Å²) in [6.07, 6.45) is 4.97. The van der Waals surface area contributed by atoms with E-state index in [4.69, 9.17) is 19.7 Å². The molecule has 0 aliphatic carbocycles. The van der Waals surface area contributed by atoms with Gasteiger partial charge in [0.1, 0.15) is 6.35 Å². The SMILES string of the molecule is COc1nc(N)nc2c1ncn2CCOCP(C)(=O)OCc1cccnc1. The van der Waals surface area contributed by atoms with Gasteiger partial charge in [0.2, 0.25) is 19.2 Å². The van der Waals surface area contributed by atoms with Crippen LogP contribution in [0.2, 0.25) is 0 Å². The summed E-state index contributed by atoms with van der Waals surface area (Å²) in [5.74, 6) is 0.419. The monoisotopic (exact) mass is 392 g/mol. The molecule has 0 radical (unpaired) electrons. The number of aromatic nitrogens is 5. The fraction of sp³-hybridized carbons (Fsp3) is 0.375. The van der Waals surface area contributed by atoms with Crippen molar-refractivity contribution in [2.75, 3.05) is 32.5 Å². The van der Waals surface area contributed by atoms with E-state index in [1.165, 1.54) is 7.11 Å². The van der Waals surface area contributed by atoms with Gasteiger partial charge in [0.25, 0.3) is 0 Å². The van der Waals surface area contributed by atoms with Crippen LogP contribution in [-0.2, 0) is 27.0 Å². The van der Waals surface area contributed by atoms with E-state index in [2.05, 4.69) is 19.9 Å². The van der Waals surface area contributed by atoms with Gasteiger partial charge in [-0.1, -0.05) is 6.07 Å². The number of hydrogen-bond donors (Lipinski definition) is 1. The fourth-order valence-electron chi connectivity index (χ4n) is 2.37. The molecule has 144 valence electrons. The Morgan fingerprint density at radius 3 is 2.93 bits per heavy atom. The summed E-state index contributed by atoms with van der Waals surface area (Å²) in [6, 6.07) is 3.66. The third kappa shape index (κ3) is 5.00. The molecule has 0 spiro atoms. The minimum absolute atomic E-state index is 0.0142. The summed E-state index contributed by atoms with van der Waals surface area (Å²) < 4.78 is 30.4. The Morgan fingerprint density at radius 1 is 1.33 bits per heavy atom. The first-order chi connectivity index (χ1) is 13.0. The number of nitrogens with two attached hydrogens (primary N) is 1. The van der Waals surface area contributed by atoms with Crippen molar-refractivity contribution in [2.45, 2.75) is 13.2 Å². The van der Waals surface area contributed by atoms with Crippen LogP contribution in [-0.4, -0.2) is 51.2 Å². The topological polar surface area (TPSA) is 127 Å². The van der Waals surface area contributed by atoms with Crippen LogP contribution in [0.25, 0.3) is 11.2 Å². The lowest BCUT2D eigenvalue weighted by Crippen LogP contribution is -2.08. The first-order valence-corrected chi connectivity index (χ1v) is 10.4. The number of imidazole rings is 1. The molecule has 0 saturated heterocycles. The van der Waals surface area contributed by atoms with E-state index in [9.17, 15) is 4.57 Å². The first kappa shape index (κ1) is 19.2. The van der Waals surface area contributed by atoms with E-state index in [0.717, 1.165) is 5.56 Å². The Balaban J connectivity index is 1.52. The van der Waals surface area contributed by atoms with Crippen molar-refractivity contribution in [3.63, 3.8) is 0 Å². The molecule has 3 aromatic heterocycles. The zero-order chi connectivity index (χ0) is 19.3. The zero-order valence-corrected chi connectivity index (χ0v) is 16.0. The second kappa shape index (κ2) is 8.43. The maximum absolute atomic E-state index is 12.4. The van der Waals surface area contributed by atoms with Gasteiger partial charge in [-0.2, -0.15) is 9.97 Å². The number of pyridine rings is 1. The molecule has 1 unspecified atom stereocenters. The van der Waals surface area contributed by atoms with E-state index < -0.39 is 7.37 Å². The van der Waals surface area contributed by atoms with Crippen LogP contribution in [0.3, 0.4) is 0 Å². The predicted molar refractivity (Wildman–Crippen MR) is 99.7 cm³/mol. The number of nitrogen functional groups attached to an aromatic ring is 1. The Morgan fingerprint density at radius 2 is 2.19 bits per heavy atom. The quantitative estimate of drug-likeness (QED) is 0.429. The Hall–Kier alpha value is -2.55. The van der Waals surface area contributed by atoms with Crippen LogP contribution >= 0.6 is 7.37 Å². The lowest BCUT2D eigenvalue weighted by Gasteiger charge is -2.14. The number of nitrogens with zero attached hydrogens (tertiary/aromatic N) is 5. The molecular formula is C16H21N6O4P. The van der Waals surface area contributed by atoms with Crippen molar-refractivity contribution in [2.24, 2.45) is 0 Å². The maximum Gasteiger partial charge on any atom is 0.246 e. The van der Waals surface area contributed by atoms with Gasteiger partial charge in [-0.05, 0) is 11.6 Å². The van der Waals surface area contributed by atoms with Crippen molar-refractivity contribution < 1.29 is 18.6 Å². The Kier molecular flexibility index (Phi) is 6.00. The van der Waals surface area contributed by atoms with Gasteiger partial charge >= 0.3 is 0 Å². The molecule has 2 N–H and O–H groups in total. The highest BCUT2D eigenvalue weighted by Gasteiger charge is 2.17. The molecule has 0 aromatic carbocycles. The van der Waals surface area contributed by atoms with E-state index in [-0.39, 0.29) is 18.9 Å². The highest BCUT2D eigenvalue weighted by atomic mass is 31.2. The van der Waals surface area contributed by atoms with Gasteiger partial charge in [0, 0.05) is 25.6 Å². The summed E-state index contributed by atoms with van der Waals surface area (Å²) in [5, 5.41) is 0. The molecular weight excluding hydrogens is 371 g/mol. The van der Waals surface area contributed by atoms with Crippen LogP contribution in [0.5, 0.6) is 5.88 Å². The number of methoxy groups -OCH3 is 1. The Bertz CT molecular complexity index is 949. The average Bonchev–Trinajstić information content (AvgIpc) is 3.06. The molecule has 0 bridgehead atoms. The van der Waals surface area contributed by atoms with Crippen LogP contribution in [0.15, 0.2) is 30.9 Å². The van der Waals surface area contributed by atoms with Crippen molar-refractivity contribution >= 4 is 24.5 Å². The molecule has 1 atom stereocenters. The highest BCUT2D eigenvalue weighted by molar-refractivity contribution is 7.57. The smallest absolute Gasteiger partial charge is 0.246 e. The van der Waals surface area contributed by atoms with Crippen LogP contribution in [0.1, 0.15) is 5.56 Å². The molecule has 0 aliphatic rings. The second-order valence-corrected chi connectivity index (χ2v) is 8.43. The van der Waals surface area contributed by atoms with E-state index in [1.54, 1.807) is 36.0 Å². The molecule has 3 heterocycles. The van der Waals surface area contributed by atoms with Gasteiger partial charge < -0.3 is 24.3 Å². The second-order valence-electron chi connectivity index (χ2n) is 5.89. The minimum Gasteiger partial charge on any atom is -0.479 e. The van der Waals surface area contributed by atoms with Crippen LogP contribution in [0.4, 0.5) is 5.95 Å². The lowest BCUT2D eigenvalue weighted by molar-refractivity contribution is 0.153. The van der Waals surface area contributed by atoms with Crippen molar-refractivity contribution in [1.82, 2.24) is 24.5 Å². The number of fused-ring (bicyclic) bond motifs is 1. The maximum atomic E-state index is 12.4. The van der Waals surface area contributed by atoms with Crippen LogP contribution < -0.4 is 10.5 Å². The Labute approximate surface area is 156 Å². The first-order valence-electron chi connectivity index (χ1n) is 8.18. The van der Waals surface area contributed by atoms with Gasteiger partial charge in [0.05, 0.1) is 26.7 Å². The highest BCUT2D eigenvalue weighted by Crippen LogP contribution is 2.43. The molecule has 0 amide bonds. The van der Waals surface area contributed by atoms with E-state index in [0.29, 0.717) is 30.2 Å². The summed E-state index contributed by atoms with van der Waals surface area (Å²) in [5.41, 5.74) is 7.62. The van der Waals surface area contributed by atoms with Gasteiger partial charge in [-0.15, -0.1) is 0 Å². The minimum atomic E-state index is -2.87. The molecule has 3 aromatic rings. The summed E-state index contributed by atoms with van der Waals surface area (Å²) >= 11 is 0. The number of hydrogen-bond acceptors (Lipinski definition) is 9. The molecule has 3 rings (SSSR count). The van der Waals surface area contributed by atoms with Crippen molar-refractivity contribution in [3.8, 4) is 5.88 Å². The standard InChI is InChI=1S/C16H21N6O4P/c1-24-15-13-14(20-16(17)21-15)22(10-19-13)6-7-25-11-27(2,23)26-9-12-4-3-5-18-8-12/h3-5,8,10H,6-7,9,11H2,1-2H3,(H2,17,20,21). The largest absolute Gasteiger partial charge is 0.479 e. The summed E-state index contributed by atoms with van der Waals surface area (Å²) in [7, 11) is -1.38. The molecule has 10 nitrogen and oxygen atoms in total. The molecule has 0 saturated carbocycles. The molecule has 0 fully saturated rings. The number of anilines is 1. The average molecular weight is 392 g/mol. The van der Waals surface area contributed by atoms with E-state index >= 15 is 0 Å². The molecule has 27 heavy (non-hydrogen) atoms. The third-order valence-electron chi connectivity index (χ3n) is 3.67. The predicted octanol–water partition coefficient (Wildman–Crippen LogP) is 1.91. The molecule has 0 aliphatic heterocycles. The third-order valence-corrected chi connectivity index (χ3v) is 5.00. The van der Waals surface area contributed by atoms with Crippen LogP contribution in [0, 0.1) is 0 Å². The van der Waals surface area contributed by atoms with Crippen molar-refractivity contribution in [3.05, 3.63) is 36.4 Å². The van der Waals surface area contributed by atoms with Gasteiger partial charge in [-0.3, -0.25) is 9.55 Å². The van der Waals surface area contributed by atoms with E-state index in [1.807, 2.05) is 6.07 Å².